The molecule has 0 spiro atoms. The number of hydrogen-bond acceptors (Lipinski definition) is 4. The maximum absolute atomic E-state index is 12.4. The number of aromatic amines is 1. The lowest BCUT2D eigenvalue weighted by Crippen LogP contribution is -2.52. The topological polar surface area (TPSA) is 73.0 Å². The number of H-pyrrole nitrogens is 1. The van der Waals surface area contributed by atoms with Gasteiger partial charge in [0.1, 0.15) is 0 Å². The Kier molecular flexibility index (Phi) is 4.55. The fourth-order valence-corrected chi connectivity index (χ4v) is 3.27. The van der Waals surface area contributed by atoms with E-state index in [0.29, 0.717) is 19.0 Å². The van der Waals surface area contributed by atoms with Gasteiger partial charge in [0.2, 0.25) is 5.91 Å². The van der Waals surface area contributed by atoms with Crippen LogP contribution in [0.2, 0.25) is 0 Å². The normalized spacial score (nSPS) is 23.8. The molecule has 1 atom stereocenters. The van der Waals surface area contributed by atoms with Gasteiger partial charge in [0.25, 0.3) is 0 Å². The Labute approximate surface area is 125 Å². The van der Waals surface area contributed by atoms with Gasteiger partial charge in [-0.1, -0.05) is 6.92 Å². The molecule has 1 fully saturated rings. The second-order valence-electron chi connectivity index (χ2n) is 6.09. The van der Waals surface area contributed by atoms with Crippen LogP contribution in [0.25, 0.3) is 0 Å². The van der Waals surface area contributed by atoms with Gasteiger partial charge in [0.15, 0.2) is 0 Å². The van der Waals surface area contributed by atoms with Gasteiger partial charge < -0.3 is 15.2 Å². The molecule has 0 bridgehead atoms. The van der Waals surface area contributed by atoms with Crippen LogP contribution >= 0.6 is 0 Å². The molecule has 3 N–H and O–H groups in total. The first kappa shape index (κ1) is 14.5. The summed E-state index contributed by atoms with van der Waals surface area (Å²) in [7, 11) is 0. The quantitative estimate of drug-likeness (QED) is 0.751. The van der Waals surface area contributed by atoms with E-state index in [1.165, 1.54) is 13.0 Å². The molecule has 1 amide bonds. The van der Waals surface area contributed by atoms with E-state index in [0.717, 1.165) is 37.3 Å². The number of fused-ring (bicyclic) bond motifs is 1. The zero-order valence-electron chi connectivity index (χ0n) is 12.7. The smallest absolute Gasteiger partial charge is 0.237 e. The fourth-order valence-electron chi connectivity index (χ4n) is 3.27. The highest BCUT2D eigenvalue weighted by Crippen LogP contribution is 2.14. The summed E-state index contributed by atoms with van der Waals surface area (Å²) in [6, 6.07) is 0.183. The molecule has 2 aliphatic heterocycles. The van der Waals surface area contributed by atoms with E-state index in [9.17, 15) is 4.79 Å². The number of likely N-dealkylation sites (tertiary alicyclic amines) is 1. The van der Waals surface area contributed by atoms with Gasteiger partial charge in [0, 0.05) is 32.1 Å². The summed E-state index contributed by atoms with van der Waals surface area (Å²) in [6.45, 7) is 6.28. The summed E-state index contributed by atoms with van der Waals surface area (Å²) >= 11 is 0. The number of nitrogens with zero attached hydrogens (tertiary/aromatic N) is 2. The molecule has 1 saturated heterocycles. The number of rotatable bonds is 4. The number of carbonyl (C=O) groups is 1. The van der Waals surface area contributed by atoms with Crippen LogP contribution in [0.5, 0.6) is 0 Å². The number of imidazole rings is 1. The molecule has 2 aliphatic rings. The Hall–Kier alpha value is -1.40. The van der Waals surface area contributed by atoms with Crippen molar-refractivity contribution < 1.29 is 4.79 Å². The van der Waals surface area contributed by atoms with Gasteiger partial charge in [-0.25, -0.2) is 4.98 Å². The van der Waals surface area contributed by atoms with Gasteiger partial charge in [-0.15, -0.1) is 0 Å². The third-order valence-corrected chi connectivity index (χ3v) is 4.52. The monoisotopic (exact) mass is 291 g/mol. The first-order chi connectivity index (χ1) is 10.3. The van der Waals surface area contributed by atoms with Crippen LogP contribution < -0.4 is 10.6 Å². The molecule has 1 aromatic heterocycles. The predicted molar refractivity (Wildman–Crippen MR) is 80.8 cm³/mol. The largest absolute Gasteiger partial charge is 0.352 e. The zero-order chi connectivity index (χ0) is 14.7. The molecule has 1 aromatic rings. The first-order valence-corrected chi connectivity index (χ1v) is 8.03. The van der Waals surface area contributed by atoms with E-state index in [2.05, 4.69) is 32.4 Å². The molecule has 3 heterocycles. The SMILES string of the molecule is CCCN1CCC(NC(=O)C2Cc3nc[nH]c3CN2)CC1. The molecule has 116 valence electrons. The molecule has 0 radical (unpaired) electrons. The number of hydrogen-bond donors (Lipinski definition) is 3. The van der Waals surface area contributed by atoms with E-state index in [1.54, 1.807) is 6.33 Å². The first-order valence-electron chi connectivity index (χ1n) is 8.03. The van der Waals surface area contributed by atoms with Crippen LogP contribution in [-0.2, 0) is 17.8 Å². The minimum atomic E-state index is -0.144. The molecule has 3 rings (SSSR count). The highest BCUT2D eigenvalue weighted by Gasteiger charge is 2.28. The van der Waals surface area contributed by atoms with Crippen LogP contribution in [0.4, 0.5) is 0 Å². The van der Waals surface area contributed by atoms with Gasteiger partial charge >= 0.3 is 0 Å². The Balaban J connectivity index is 1.47. The summed E-state index contributed by atoms with van der Waals surface area (Å²) in [5, 5.41) is 6.49. The lowest BCUT2D eigenvalue weighted by atomic mass is 10.0. The molecular weight excluding hydrogens is 266 g/mol. The molecule has 0 aromatic carbocycles. The van der Waals surface area contributed by atoms with Crippen molar-refractivity contribution in [1.29, 1.82) is 0 Å². The molecular formula is C15H25N5O. The maximum atomic E-state index is 12.4. The van der Waals surface area contributed by atoms with Crippen molar-refractivity contribution in [2.75, 3.05) is 19.6 Å². The summed E-state index contributed by atoms with van der Waals surface area (Å²) in [5.74, 6) is 0.123. The molecule has 6 nitrogen and oxygen atoms in total. The molecule has 6 heteroatoms. The fraction of sp³-hybridized carbons (Fsp3) is 0.733. The number of nitrogens with one attached hydrogen (secondary N) is 3. The van der Waals surface area contributed by atoms with E-state index >= 15 is 0 Å². The van der Waals surface area contributed by atoms with Gasteiger partial charge in [-0.05, 0) is 25.8 Å². The lowest BCUT2D eigenvalue weighted by Gasteiger charge is -2.33. The van der Waals surface area contributed by atoms with Crippen molar-refractivity contribution in [3.63, 3.8) is 0 Å². The third-order valence-electron chi connectivity index (χ3n) is 4.52. The Morgan fingerprint density at radius 2 is 2.29 bits per heavy atom. The number of carbonyl (C=O) groups excluding carboxylic acids is 1. The van der Waals surface area contributed by atoms with Crippen LogP contribution in [-0.4, -0.2) is 52.5 Å². The van der Waals surface area contributed by atoms with Crippen LogP contribution in [0.3, 0.4) is 0 Å². The van der Waals surface area contributed by atoms with E-state index in [1.807, 2.05) is 0 Å². The minimum Gasteiger partial charge on any atom is -0.352 e. The van der Waals surface area contributed by atoms with Crippen molar-refractivity contribution >= 4 is 5.91 Å². The average molecular weight is 291 g/mol. The van der Waals surface area contributed by atoms with E-state index < -0.39 is 0 Å². The number of aromatic nitrogens is 2. The van der Waals surface area contributed by atoms with E-state index in [4.69, 9.17) is 0 Å². The highest BCUT2D eigenvalue weighted by molar-refractivity contribution is 5.82. The van der Waals surface area contributed by atoms with Crippen LogP contribution in [0, 0.1) is 0 Å². The summed E-state index contributed by atoms with van der Waals surface area (Å²) in [5.41, 5.74) is 2.12. The molecule has 0 saturated carbocycles. The van der Waals surface area contributed by atoms with Crippen molar-refractivity contribution in [3.8, 4) is 0 Å². The van der Waals surface area contributed by atoms with Crippen molar-refractivity contribution in [2.45, 2.75) is 51.2 Å². The van der Waals surface area contributed by atoms with Gasteiger partial charge in [0.05, 0.1) is 23.8 Å². The van der Waals surface area contributed by atoms with Crippen LogP contribution in [0.15, 0.2) is 6.33 Å². The number of piperidine rings is 1. The second-order valence-corrected chi connectivity index (χ2v) is 6.09. The van der Waals surface area contributed by atoms with Crippen molar-refractivity contribution in [1.82, 2.24) is 25.5 Å². The second kappa shape index (κ2) is 6.58. The van der Waals surface area contributed by atoms with Crippen molar-refractivity contribution in [2.24, 2.45) is 0 Å². The molecule has 1 unspecified atom stereocenters. The van der Waals surface area contributed by atoms with Crippen molar-refractivity contribution in [3.05, 3.63) is 17.7 Å². The average Bonchev–Trinajstić information content (AvgIpc) is 2.97. The van der Waals surface area contributed by atoms with E-state index in [-0.39, 0.29) is 11.9 Å². The highest BCUT2D eigenvalue weighted by atomic mass is 16.2. The Morgan fingerprint density at radius 1 is 1.48 bits per heavy atom. The third kappa shape index (κ3) is 3.44. The predicted octanol–water partition coefficient (Wildman–Crippen LogP) is 0.415. The standard InChI is InChI=1S/C15H25N5O/c1-2-5-20-6-3-11(4-7-20)19-15(21)13-8-12-14(9-16-13)18-10-17-12/h10-11,13,16H,2-9H2,1H3,(H,17,18)(H,19,21). The summed E-state index contributed by atoms with van der Waals surface area (Å²) in [6.07, 6.45) is 5.71. The van der Waals surface area contributed by atoms with Crippen LogP contribution in [0.1, 0.15) is 37.6 Å². The Morgan fingerprint density at radius 3 is 3.05 bits per heavy atom. The molecule has 0 aliphatic carbocycles. The zero-order valence-corrected chi connectivity index (χ0v) is 12.7. The molecule has 21 heavy (non-hydrogen) atoms. The minimum absolute atomic E-state index is 0.123. The van der Waals surface area contributed by atoms with Gasteiger partial charge in [-0.3, -0.25) is 10.1 Å². The summed E-state index contributed by atoms with van der Waals surface area (Å²) < 4.78 is 0. The van der Waals surface area contributed by atoms with Gasteiger partial charge in [-0.2, -0.15) is 0 Å². The Bertz CT molecular complexity index is 478. The summed E-state index contributed by atoms with van der Waals surface area (Å²) in [4.78, 5) is 22.3. The number of amides is 1. The maximum Gasteiger partial charge on any atom is 0.237 e. The lowest BCUT2D eigenvalue weighted by molar-refractivity contribution is -0.124.